The van der Waals surface area contributed by atoms with E-state index in [2.05, 4.69) is 33.5 Å². The Labute approximate surface area is 180 Å². The zero-order chi connectivity index (χ0) is 20.5. The van der Waals surface area contributed by atoms with Gasteiger partial charge in [-0.15, -0.1) is 11.3 Å². The molecule has 1 aromatic heterocycles. The van der Waals surface area contributed by atoms with Crippen LogP contribution in [0, 0.1) is 0 Å². The lowest BCUT2D eigenvalue weighted by Crippen LogP contribution is -2.46. The molecule has 0 bridgehead atoms. The number of nitrogens with one attached hydrogen (secondary N) is 4. The topological polar surface area (TPSA) is 81.0 Å². The van der Waals surface area contributed by atoms with Crippen molar-refractivity contribution in [1.29, 1.82) is 0 Å². The third-order valence-corrected chi connectivity index (χ3v) is 6.85. The van der Waals surface area contributed by atoms with Crippen LogP contribution < -0.4 is 21.4 Å². The fraction of sp³-hybridized carbons (Fsp3) is 0.409. The number of hydrogen-bond donors (Lipinski definition) is 4. The summed E-state index contributed by atoms with van der Waals surface area (Å²) in [6.45, 7) is 2.10. The number of epoxide rings is 1. The Balaban J connectivity index is 1.21. The van der Waals surface area contributed by atoms with Crippen molar-refractivity contribution in [3.8, 4) is 11.1 Å². The molecule has 3 aliphatic rings. The highest BCUT2D eigenvalue weighted by Crippen LogP contribution is 2.32. The van der Waals surface area contributed by atoms with E-state index in [1.165, 1.54) is 11.3 Å². The van der Waals surface area contributed by atoms with Crippen LogP contribution in [0.2, 0.25) is 0 Å². The van der Waals surface area contributed by atoms with Gasteiger partial charge in [-0.25, -0.2) is 5.01 Å². The lowest BCUT2D eigenvalue weighted by molar-refractivity contribution is 0.0961. The number of nitrogens with zero attached hydrogens (tertiary/aromatic N) is 1. The monoisotopic (exact) mass is 425 g/mol. The molecule has 4 N–H and O–H groups in total. The second-order valence-corrected chi connectivity index (χ2v) is 8.93. The van der Waals surface area contributed by atoms with Gasteiger partial charge in [0.05, 0.1) is 10.6 Å². The number of thiophene rings is 1. The van der Waals surface area contributed by atoms with Crippen LogP contribution in [0.5, 0.6) is 0 Å². The summed E-state index contributed by atoms with van der Waals surface area (Å²) >= 11 is 1.46. The number of carbonyl (C=O) groups excluding carboxylic acids is 1. The van der Waals surface area contributed by atoms with Crippen molar-refractivity contribution in [1.82, 2.24) is 26.4 Å². The number of carbonyl (C=O) groups is 1. The largest absolute Gasteiger partial charge is 0.351 e. The minimum absolute atomic E-state index is 0.0228. The molecule has 2 fully saturated rings. The minimum atomic E-state index is -0.0842. The van der Waals surface area contributed by atoms with Crippen LogP contribution >= 0.6 is 11.3 Å². The molecule has 8 heteroatoms. The maximum Gasteiger partial charge on any atom is 0.265 e. The first kappa shape index (κ1) is 19.7. The van der Waals surface area contributed by atoms with Crippen molar-refractivity contribution >= 4 is 17.2 Å². The van der Waals surface area contributed by atoms with Crippen molar-refractivity contribution < 1.29 is 9.53 Å². The molecule has 3 atom stereocenters. The van der Waals surface area contributed by atoms with Gasteiger partial charge < -0.3 is 20.8 Å². The van der Waals surface area contributed by atoms with Crippen LogP contribution in [-0.2, 0) is 4.74 Å². The molecular weight excluding hydrogens is 398 g/mol. The van der Waals surface area contributed by atoms with Gasteiger partial charge in [0, 0.05) is 19.3 Å². The van der Waals surface area contributed by atoms with Crippen LogP contribution in [0.3, 0.4) is 0 Å². The molecule has 5 rings (SSSR count). The van der Waals surface area contributed by atoms with Crippen LogP contribution in [0.1, 0.15) is 22.5 Å². The van der Waals surface area contributed by atoms with Gasteiger partial charge in [-0.2, -0.15) is 0 Å². The van der Waals surface area contributed by atoms with E-state index in [-0.39, 0.29) is 24.3 Å². The number of amides is 1. The summed E-state index contributed by atoms with van der Waals surface area (Å²) in [6, 6.07) is 12.5. The van der Waals surface area contributed by atoms with Crippen molar-refractivity contribution in [3.63, 3.8) is 0 Å². The maximum absolute atomic E-state index is 12.9. The fourth-order valence-electron chi connectivity index (χ4n) is 4.20. The quantitative estimate of drug-likeness (QED) is 0.529. The number of piperidine rings is 1. The first-order chi connectivity index (χ1) is 14.7. The average molecular weight is 426 g/mol. The Bertz CT molecular complexity index is 925. The third-order valence-electron chi connectivity index (χ3n) is 5.92. The zero-order valence-electron chi connectivity index (χ0n) is 16.9. The predicted molar refractivity (Wildman–Crippen MR) is 118 cm³/mol. The highest BCUT2D eigenvalue weighted by molar-refractivity contribution is 7.12. The second kappa shape index (κ2) is 8.49. The van der Waals surface area contributed by atoms with Crippen molar-refractivity contribution in [2.24, 2.45) is 0 Å². The van der Waals surface area contributed by atoms with Crippen LogP contribution in [0.4, 0.5) is 0 Å². The van der Waals surface area contributed by atoms with E-state index in [9.17, 15) is 4.79 Å². The molecule has 2 saturated heterocycles. The normalized spacial score (nSPS) is 26.8. The average Bonchev–Trinajstić information content (AvgIpc) is 3.18. The van der Waals surface area contributed by atoms with Gasteiger partial charge in [0.1, 0.15) is 18.4 Å². The van der Waals surface area contributed by atoms with Gasteiger partial charge in [0.15, 0.2) is 0 Å². The van der Waals surface area contributed by atoms with Crippen molar-refractivity contribution in [2.75, 3.05) is 20.1 Å². The van der Waals surface area contributed by atoms with Gasteiger partial charge in [-0.05, 0) is 48.5 Å². The summed E-state index contributed by atoms with van der Waals surface area (Å²) in [5.41, 5.74) is 6.22. The number of hydrogen-bond acceptors (Lipinski definition) is 7. The SMILES string of the molecule is CN1NC=C(NC(=O)c2cc(-c3ccccc3)cs2)C1C1OC1NC1CCNCC1. The predicted octanol–water partition coefficient (Wildman–Crippen LogP) is 1.87. The summed E-state index contributed by atoms with van der Waals surface area (Å²) < 4.78 is 5.95. The molecule has 0 spiro atoms. The number of ether oxygens (including phenoxy) is 1. The Morgan fingerprint density at radius 3 is 2.80 bits per heavy atom. The lowest BCUT2D eigenvalue weighted by Gasteiger charge is -2.24. The van der Waals surface area contributed by atoms with Crippen LogP contribution in [0.25, 0.3) is 11.1 Å². The van der Waals surface area contributed by atoms with Gasteiger partial charge in [-0.3, -0.25) is 10.1 Å². The minimum Gasteiger partial charge on any atom is -0.351 e. The third kappa shape index (κ3) is 4.14. The van der Waals surface area contributed by atoms with E-state index in [1.54, 1.807) is 0 Å². The molecule has 7 nitrogen and oxygen atoms in total. The second-order valence-electron chi connectivity index (χ2n) is 8.02. The van der Waals surface area contributed by atoms with Crippen molar-refractivity contribution in [3.05, 3.63) is 58.6 Å². The summed E-state index contributed by atoms with van der Waals surface area (Å²) in [5, 5.41) is 14.1. The lowest BCUT2D eigenvalue weighted by atomic mass is 10.1. The standard InChI is InChI=1S/C22H27N5O2S/c1-27-19(20-22(29-20)25-16-7-9-23-10-8-16)17(12-24-27)26-21(28)18-11-15(13-30-18)14-5-3-2-4-6-14/h2-6,11-13,16,19-20,22-25H,7-10H2,1H3,(H,26,28). The summed E-state index contributed by atoms with van der Waals surface area (Å²) in [6.07, 6.45) is 4.15. The summed E-state index contributed by atoms with van der Waals surface area (Å²) in [7, 11) is 1.97. The number of hydrazine groups is 1. The molecule has 0 aliphatic carbocycles. The van der Waals surface area contributed by atoms with Gasteiger partial charge in [0.25, 0.3) is 5.91 Å². The highest BCUT2D eigenvalue weighted by atomic mass is 32.1. The number of benzene rings is 1. The number of likely N-dealkylation sites (N-methyl/N-ethyl adjacent to an activating group) is 1. The molecule has 1 amide bonds. The molecule has 3 aliphatic heterocycles. The van der Waals surface area contributed by atoms with Crippen molar-refractivity contribution in [2.45, 2.75) is 37.3 Å². The fourth-order valence-corrected chi connectivity index (χ4v) is 5.01. The molecule has 3 unspecified atom stereocenters. The van der Waals surface area contributed by atoms with E-state index in [1.807, 2.05) is 47.9 Å². The van der Waals surface area contributed by atoms with Crippen LogP contribution in [-0.4, -0.2) is 55.5 Å². The molecular formula is C22H27N5O2S. The highest BCUT2D eigenvalue weighted by Gasteiger charge is 2.50. The van der Waals surface area contributed by atoms with Gasteiger partial charge in [-0.1, -0.05) is 30.3 Å². The summed E-state index contributed by atoms with van der Waals surface area (Å²) in [4.78, 5) is 13.6. The van der Waals surface area contributed by atoms with Crippen LogP contribution in [0.15, 0.2) is 53.7 Å². The molecule has 2 aromatic rings. The Morgan fingerprint density at radius 1 is 1.20 bits per heavy atom. The van der Waals surface area contributed by atoms with E-state index in [4.69, 9.17) is 4.74 Å². The maximum atomic E-state index is 12.9. The van der Waals surface area contributed by atoms with Gasteiger partial charge in [0.2, 0.25) is 0 Å². The Hall–Kier alpha value is -2.23. The first-order valence-corrected chi connectivity index (χ1v) is 11.3. The van der Waals surface area contributed by atoms with E-state index >= 15 is 0 Å². The molecule has 30 heavy (non-hydrogen) atoms. The number of rotatable bonds is 6. The molecule has 1 aromatic carbocycles. The smallest absolute Gasteiger partial charge is 0.265 e. The Kier molecular flexibility index (Phi) is 5.58. The first-order valence-electron chi connectivity index (χ1n) is 10.5. The molecule has 0 saturated carbocycles. The Morgan fingerprint density at radius 2 is 2.00 bits per heavy atom. The molecule has 4 heterocycles. The summed E-state index contributed by atoms with van der Waals surface area (Å²) in [5.74, 6) is -0.0842. The molecule has 0 radical (unpaired) electrons. The zero-order valence-corrected chi connectivity index (χ0v) is 17.7. The molecule has 158 valence electrons. The van der Waals surface area contributed by atoms with E-state index in [0.717, 1.165) is 42.8 Å². The van der Waals surface area contributed by atoms with E-state index < -0.39 is 0 Å². The van der Waals surface area contributed by atoms with E-state index in [0.29, 0.717) is 10.9 Å². The van der Waals surface area contributed by atoms with Gasteiger partial charge >= 0.3 is 0 Å².